The summed E-state index contributed by atoms with van der Waals surface area (Å²) in [6.07, 6.45) is 5.09. The molecule has 0 saturated carbocycles. The van der Waals surface area contributed by atoms with Gasteiger partial charge >= 0.3 is 12.1 Å². The van der Waals surface area contributed by atoms with Crippen LogP contribution in [0.3, 0.4) is 0 Å². The number of hydrogen-bond acceptors (Lipinski definition) is 7. The Kier molecular flexibility index (Phi) is 12.5. The lowest BCUT2D eigenvalue weighted by Gasteiger charge is -2.48. The number of unbranched alkanes of at least 4 members (excludes halogenated alkanes) is 1. The van der Waals surface area contributed by atoms with Crippen LogP contribution in [-0.4, -0.2) is 89.5 Å². The summed E-state index contributed by atoms with van der Waals surface area (Å²) in [5, 5.41) is 18.0. The second-order valence-electron chi connectivity index (χ2n) is 16.3. The summed E-state index contributed by atoms with van der Waals surface area (Å²) in [6.45, 7) is 13.5. The Morgan fingerprint density at radius 3 is 2.37 bits per heavy atom. The molecule has 2 amide bonds. The summed E-state index contributed by atoms with van der Waals surface area (Å²) in [4.78, 5) is 41.9. The number of piperidine rings is 2. The summed E-state index contributed by atoms with van der Waals surface area (Å²) in [5.74, 6) is 6.51. The largest absolute Gasteiger partial charge is 0.481 e. The van der Waals surface area contributed by atoms with Crippen molar-refractivity contribution in [1.82, 2.24) is 15.1 Å². The van der Waals surface area contributed by atoms with Gasteiger partial charge in [-0.15, -0.1) is 0 Å². The molecule has 2 unspecified atom stereocenters. The number of benzene rings is 3. The quantitative estimate of drug-likeness (QED) is 0.144. The van der Waals surface area contributed by atoms with Gasteiger partial charge < -0.3 is 30.1 Å². The van der Waals surface area contributed by atoms with Crippen molar-refractivity contribution >= 4 is 34.4 Å². The van der Waals surface area contributed by atoms with Crippen molar-refractivity contribution in [1.29, 1.82) is 0 Å². The zero-order valence-electron chi connectivity index (χ0n) is 32.5. The van der Waals surface area contributed by atoms with Crippen molar-refractivity contribution in [2.75, 3.05) is 38.2 Å². The van der Waals surface area contributed by atoms with Crippen LogP contribution < -0.4 is 10.6 Å². The molecule has 3 aliphatic rings. The maximum atomic E-state index is 13.8. The molecule has 0 aliphatic carbocycles. The topological polar surface area (TPSA) is 120 Å². The second-order valence-corrected chi connectivity index (χ2v) is 16.3. The smallest absolute Gasteiger partial charge is 0.410 e. The fraction of sp³-hybridized carbons (Fsp3) is 0.523. The fourth-order valence-corrected chi connectivity index (χ4v) is 8.09. The lowest BCUT2D eigenvalue weighted by atomic mass is 9.90. The number of carbonyl (C=O) groups is 3. The number of amides is 2. The monoisotopic (exact) mass is 736 g/mol. The van der Waals surface area contributed by atoms with Crippen LogP contribution in [0.25, 0.3) is 10.8 Å². The number of carboxylic acid groups (broad SMARTS) is 1. The number of rotatable bonds is 10. The number of aliphatic carboxylic acids is 1. The van der Waals surface area contributed by atoms with Crippen molar-refractivity contribution in [2.24, 2.45) is 5.92 Å². The molecule has 10 heteroatoms. The predicted octanol–water partition coefficient (Wildman–Crippen LogP) is 7.54. The standard InChI is InChI=1S/C44H56N4O6/c1-29-13-17-33(46-34-24-35-27-53-28-36(25-34)48(35)43(52)54-44(3,4)5)26-40(29)42(51)45-30(2)37-18-16-32(38-10-6-7-11-39(37)38)15-14-31-19-22-47(23-20-31)21-9-8-12-41(49)50/h6-7,10-11,13,16-18,26,30-31,34-36,46H,8-9,12,19-25,27-28H2,1-5H3,(H,45,51)(H,49,50)/t30-,34?,35?,36?/m1/s1. The molecule has 288 valence electrons. The summed E-state index contributed by atoms with van der Waals surface area (Å²) in [5.41, 5.74) is 3.87. The molecule has 6 rings (SSSR count). The number of carboxylic acids is 1. The number of carbonyl (C=O) groups excluding carboxylic acids is 2. The molecular weight excluding hydrogens is 681 g/mol. The maximum Gasteiger partial charge on any atom is 0.410 e. The molecule has 3 aromatic carbocycles. The van der Waals surface area contributed by atoms with Gasteiger partial charge in [-0.25, -0.2) is 4.79 Å². The number of morpholine rings is 1. The van der Waals surface area contributed by atoms with E-state index in [1.165, 1.54) is 0 Å². The van der Waals surface area contributed by atoms with Crippen LogP contribution in [0.5, 0.6) is 0 Å². The van der Waals surface area contributed by atoms with E-state index in [1.807, 2.05) is 69.9 Å². The van der Waals surface area contributed by atoms with E-state index in [4.69, 9.17) is 14.6 Å². The van der Waals surface area contributed by atoms with Crippen LogP contribution in [0, 0.1) is 24.7 Å². The predicted molar refractivity (Wildman–Crippen MR) is 212 cm³/mol. The third-order valence-corrected chi connectivity index (χ3v) is 10.9. The number of nitrogens with zero attached hydrogens (tertiary/aromatic N) is 2. The van der Waals surface area contributed by atoms with Gasteiger partial charge in [-0.2, -0.15) is 0 Å². The molecule has 0 aromatic heterocycles. The van der Waals surface area contributed by atoms with Crippen molar-refractivity contribution in [3.8, 4) is 11.8 Å². The van der Waals surface area contributed by atoms with Crippen LogP contribution in [0.4, 0.5) is 10.5 Å². The van der Waals surface area contributed by atoms with Crippen molar-refractivity contribution < 1.29 is 29.0 Å². The van der Waals surface area contributed by atoms with Crippen LogP contribution >= 0.6 is 0 Å². The van der Waals surface area contributed by atoms with Crippen LogP contribution in [-0.2, 0) is 14.3 Å². The van der Waals surface area contributed by atoms with E-state index in [1.54, 1.807) is 0 Å². The molecule has 10 nitrogen and oxygen atoms in total. The third-order valence-electron chi connectivity index (χ3n) is 10.9. The summed E-state index contributed by atoms with van der Waals surface area (Å²) < 4.78 is 11.5. The average molecular weight is 737 g/mol. The molecule has 2 bridgehead atoms. The van der Waals surface area contributed by atoms with E-state index in [0.29, 0.717) is 24.7 Å². The first kappa shape index (κ1) is 39.1. The van der Waals surface area contributed by atoms with E-state index < -0.39 is 11.6 Å². The maximum absolute atomic E-state index is 13.8. The summed E-state index contributed by atoms with van der Waals surface area (Å²) in [6, 6.07) is 18.1. The summed E-state index contributed by atoms with van der Waals surface area (Å²) in [7, 11) is 0. The van der Waals surface area contributed by atoms with Crippen molar-refractivity contribution in [2.45, 2.75) is 109 Å². The van der Waals surface area contributed by atoms with Crippen LogP contribution in [0.15, 0.2) is 54.6 Å². The van der Waals surface area contributed by atoms with Crippen LogP contribution in [0.1, 0.15) is 106 Å². The molecule has 3 heterocycles. The highest BCUT2D eigenvalue weighted by Gasteiger charge is 2.43. The Morgan fingerprint density at radius 1 is 0.981 bits per heavy atom. The number of anilines is 1. The Hall–Kier alpha value is -4.59. The highest BCUT2D eigenvalue weighted by molar-refractivity contribution is 5.97. The Labute approximate surface area is 319 Å². The van der Waals surface area contributed by atoms with Gasteiger partial charge in [-0.05, 0) is 133 Å². The molecule has 3 aliphatic heterocycles. The van der Waals surface area contributed by atoms with Gasteiger partial charge in [0, 0.05) is 35.2 Å². The first-order valence-electron chi connectivity index (χ1n) is 19.6. The average Bonchev–Trinajstić information content (AvgIpc) is 3.12. The van der Waals surface area contributed by atoms with Crippen LogP contribution in [0.2, 0.25) is 0 Å². The lowest BCUT2D eigenvalue weighted by Crippen LogP contribution is -2.61. The Bertz CT molecular complexity index is 1870. The molecule has 3 N–H and O–H groups in total. The fourth-order valence-electron chi connectivity index (χ4n) is 8.09. The number of nitrogens with one attached hydrogen (secondary N) is 2. The number of fused-ring (bicyclic) bond motifs is 3. The second kappa shape index (κ2) is 17.3. The molecule has 3 saturated heterocycles. The molecule has 54 heavy (non-hydrogen) atoms. The molecular formula is C44H56N4O6. The molecule has 0 radical (unpaired) electrons. The molecule has 3 aromatic rings. The molecule has 3 atom stereocenters. The SMILES string of the molecule is Cc1ccc(NC2CC3COCC(C2)N3C(=O)OC(C)(C)C)cc1C(=O)N[C@H](C)c1ccc(C#CC2CCN(CCCCC(=O)O)CC2)c2ccccc12. The van der Waals surface area contributed by atoms with E-state index in [2.05, 4.69) is 51.6 Å². The van der Waals surface area contributed by atoms with E-state index in [9.17, 15) is 14.4 Å². The van der Waals surface area contributed by atoms with Gasteiger partial charge in [-0.1, -0.05) is 48.2 Å². The van der Waals surface area contributed by atoms with Crippen molar-refractivity contribution in [3.05, 3.63) is 76.9 Å². The zero-order chi connectivity index (χ0) is 38.4. The van der Waals surface area contributed by atoms with Gasteiger partial charge in [0.2, 0.25) is 0 Å². The first-order chi connectivity index (χ1) is 25.8. The third kappa shape index (κ3) is 9.93. The van der Waals surface area contributed by atoms with E-state index >= 15 is 0 Å². The van der Waals surface area contributed by atoms with Gasteiger partial charge in [0.1, 0.15) is 5.60 Å². The Balaban J connectivity index is 1.08. The van der Waals surface area contributed by atoms with E-state index in [0.717, 1.165) is 91.3 Å². The lowest BCUT2D eigenvalue weighted by molar-refractivity contribution is -0.137. The normalized spacial score (nSPS) is 21.1. The Morgan fingerprint density at radius 2 is 1.69 bits per heavy atom. The highest BCUT2D eigenvalue weighted by atomic mass is 16.6. The number of ether oxygens (including phenoxy) is 2. The number of likely N-dealkylation sites (tertiary alicyclic amines) is 1. The summed E-state index contributed by atoms with van der Waals surface area (Å²) >= 11 is 0. The van der Waals surface area contributed by atoms with Crippen molar-refractivity contribution in [3.63, 3.8) is 0 Å². The first-order valence-corrected chi connectivity index (χ1v) is 19.6. The highest BCUT2D eigenvalue weighted by Crippen LogP contribution is 2.32. The molecule has 0 spiro atoms. The van der Waals surface area contributed by atoms with E-state index in [-0.39, 0.29) is 42.6 Å². The minimum absolute atomic E-state index is 0.0708. The zero-order valence-corrected chi connectivity index (χ0v) is 32.5. The number of hydrogen-bond donors (Lipinski definition) is 3. The minimum Gasteiger partial charge on any atom is -0.481 e. The van der Waals surface area contributed by atoms with Gasteiger partial charge in [0.25, 0.3) is 5.91 Å². The van der Waals surface area contributed by atoms with Gasteiger partial charge in [0.05, 0.1) is 31.3 Å². The van der Waals surface area contributed by atoms with Gasteiger partial charge in [-0.3, -0.25) is 14.5 Å². The van der Waals surface area contributed by atoms with Gasteiger partial charge in [0.15, 0.2) is 0 Å². The number of aryl methyl sites for hydroxylation is 1. The minimum atomic E-state index is -0.723. The molecule has 3 fully saturated rings.